The molecule has 6 heteroatoms. The van der Waals surface area contributed by atoms with Crippen LogP contribution in [0.4, 0.5) is 0 Å². The smallest absolute Gasteiger partial charge is 0.264 e. The fraction of sp³-hybridized carbons (Fsp3) is 0.400. The molecule has 0 radical (unpaired) electrons. The third kappa shape index (κ3) is 3.39. The highest BCUT2D eigenvalue weighted by molar-refractivity contribution is 7.20. The predicted molar refractivity (Wildman–Crippen MR) is 103 cm³/mol. The van der Waals surface area contributed by atoms with Crippen molar-refractivity contribution in [3.8, 4) is 0 Å². The molecule has 0 bridgehead atoms. The van der Waals surface area contributed by atoms with Crippen LogP contribution in [0.2, 0.25) is 0 Å². The lowest BCUT2D eigenvalue weighted by molar-refractivity contribution is 0.0511. The summed E-state index contributed by atoms with van der Waals surface area (Å²) >= 11 is 1.52. The summed E-state index contributed by atoms with van der Waals surface area (Å²) in [6, 6.07) is 12.1. The van der Waals surface area contributed by atoms with Gasteiger partial charge in [0.05, 0.1) is 16.7 Å². The Balaban J connectivity index is 1.61. The van der Waals surface area contributed by atoms with Gasteiger partial charge in [-0.15, -0.1) is 11.3 Å². The van der Waals surface area contributed by atoms with Crippen molar-refractivity contribution >= 4 is 27.5 Å². The number of benzene rings is 1. The highest BCUT2D eigenvalue weighted by Crippen LogP contribution is 2.29. The highest BCUT2D eigenvalue weighted by atomic mass is 32.1. The molecule has 26 heavy (non-hydrogen) atoms. The maximum Gasteiger partial charge on any atom is 0.264 e. The number of carbonyl (C=O) groups excluding carboxylic acids is 1. The molecular weight excluding hydrogens is 346 g/mol. The first kappa shape index (κ1) is 17.2. The molecule has 4 rings (SSSR count). The topological polar surface area (TPSA) is 47.4 Å². The fourth-order valence-electron chi connectivity index (χ4n) is 3.52. The minimum atomic E-state index is 0.0740. The number of aryl methyl sites for hydroxylation is 2. The number of nitrogens with zero attached hydrogens (tertiary/aromatic N) is 3. The third-order valence-corrected chi connectivity index (χ3v) is 6.05. The van der Waals surface area contributed by atoms with Crippen molar-refractivity contribution in [1.29, 1.82) is 0 Å². The zero-order valence-corrected chi connectivity index (χ0v) is 16.0. The number of thiophene rings is 1. The minimum absolute atomic E-state index is 0.0740. The Hall–Kier alpha value is -2.18. The van der Waals surface area contributed by atoms with Crippen LogP contribution in [0.15, 0.2) is 36.4 Å². The first-order valence-electron chi connectivity index (χ1n) is 9.00. The Labute approximate surface area is 157 Å². The Morgan fingerprint density at radius 2 is 2.19 bits per heavy atom. The minimum Gasteiger partial charge on any atom is -0.376 e. The molecule has 0 aliphatic carbocycles. The molecule has 0 N–H and O–H groups in total. The second-order valence-corrected chi connectivity index (χ2v) is 7.88. The number of aromatic nitrogens is 2. The van der Waals surface area contributed by atoms with E-state index in [4.69, 9.17) is 4.74 Å². The number of fused-ring (bicyclic) bond motifs is 1. The number of rotatable bonds is 5. The van der Waals surface area contributed by atoms with Crippen molar-refractivity contribution in [2.45, 2.75) is 32.4 Å². The number of ether oxygens (including phenoxy) is 1. The second kappa shape index (κ2) is 7.21. The SMILES string of the molecule is Cc1nn(C)c2sc(C(=O)N(Cc3ccccc3)CC3CCCO3)cc12. The summed E-state index contributed by atoms with van der Waals surface area (Å²) in [4.78, 5) is 17.0. The van der Waals surface area contributed by atoms with Gasteiger partial charge in [0.25, 0.3) is 5.91 Å². The molecule has 0 spiro atoms. The molecule has 1 fully saturated rings. The van der Waals surface area contributed by atoms with Crippen LogP contribution in [0.5, 0.6) is 0 Å². The number of amides is 1. The van der Waals surface area contributed by atoms with E-state index < -0.39 is 0 Å². The zero-order chi connectivity index (χ0) is 18.1. The van der Waals surface area contributed by atoms with Gasteiger partial charge in [0.2, 0.25) is 0 Å². The number of hydrogen-bond acceptors (Lipinski definition) is 4. The van der Waals surface area contributed by atoms with E-state index in [1.54, 1.807) is 0 Å². The van der Waals surface area contributed by atoms with Crippen molar-refractivity contribution in [3.63, 3.8) is 0 Å². The summed E-state index contributed by atoms with van der Waals surface area (Å²) in [5, 5.41) is 5.50. The lowest BCUT2D eigenvalue weighted by Gasteiger charge is -2.25. The maximum absolute atomic E-state index is 13.3. The summed E-state index contributed by atoms with van der Waals surface area (Å²) in [5.74, 6) is 0.0740. The molecule has 1 saturated heterocycles. The Morgan fingerprint density at radius 3 is 2.88 bits per heavy atom. The van der Waals surface area contributed by atoms with Gasteiger partial charge in [0.15, 0.2) is 0 Å². The summed E-state index contributed by atoms with van der Waals surface area (Å²) in [6.45, 7) is 4.02. The number of carbonyl (C=O) groups is 1. The molecule has 1 unspecified atom stereocenters. The first-order chi connectivity index (χ1) is 12.6. The van der Waals surface area contributed by atoms with Crippen LogP contribution in [-0.4, -0.2) is 39.8 Å². The van der Waals surface area contributed by atoms with Crippen LogP contribution in [0.3, 0.4) is 0 Å². The van der Waals surface area contributed by atoms with E-state index in [2.05, 4.69) is 17.2 Å². The lowest BCUT2D eigenvalue weighted by Crippen LogP contribution is -2.36. The molecule has 1 aromatic carbocycles. The van der Waals surface area contributed by atoms with Crippen LogP contribution in [0.25, 0.3) is 10.2 Å². The molecule has 1 aliphatic rings. The lowest BCUT2D eigenvalue weighted by atomic mass is 10.1. The number of hydrogen-bond donors (Lipinski definition) is 0. The fourth-order valence-corrected chi connectivity index (χ4v) is 4.61. The second-order valence-electron chi connectivity index (χ2n) is 6.84. The van der Waals surface area contributed by atoms with E-state index >= 15 is 0 Å². The summed E-state index contributed by atoms with van der Waals surface area (Å²) < 4.78 is 7.64. The molecule has 1 aliphatic heterocycles. The zero-order valence-electron chi connectivity index (χ0n) is 15.1. The quantitative estimate of drug-likeness (QED) is 0.688. The standard InChI is InChI=1S/C20H23N3O2S/c1-14-17-11-18(26-20(17)22(2)21-14)19(24)23(13-16-9-6-10-25-16)12-15-7-4-3-5-8-15/h3-5,7-8,11,16H,6,9-10,12-13H2,1-2H3. The van der Waals surface area contributed by atoms with Crippen LogP contribution in [0.1, 0.15) is 33.8 Å². The van der Waals surface area contributed by atoms with Gasteiger partial charge in [0, 0.05) is 32.1 Å². The molecular formula is C20H23N3O2S. The average molecular weight is 369 g/mol. The summed E-state index contributed by atoms with van der Waals surface area (Å²) in [5.41, 5.74) is 2.10. The van der Waals surface area contributed by atoms with E-state index in [-0.39, 0.29) is 12.0 Å². The van der Waals surface area contributed by atoms with Crippen molar-refractivity contribution in [1.82, 2.24) is 14.7 Å². The van der Waals surface area contributed by atoms with Crippen molar-refractivity contribution in [2.24, 2.45) is 7.05 Å². The van der Waals surface area contributed by atoms with E-state index in [0.717, 1.165) is 45.8 Å². The molecule has 3 heterocycles. The van der Waals surface area contributed by atoms with Crippen molar-refractivity contribution < 1.29 is 9.53 Å². The van der Waals surface area contributed by atoms with E-state index in [9.17, 15) is 4.79 Å². The molecule has 1 atom stereocenters. The Kier molecular flexibility index (Phi) is 4.78. The monoisotopic (exact) mass is 369 g/mol. The first-order valence-corrected chi connectivity index (χ1v) is 9.81. The van der Waals surface area contributed by atoms with Gasteiger partial charge in [-0.3, -0.25) is 9.48 Å². The highest BCUT2D eigenvalue weighted by Gasteiger charge is 2.25. The van der Waals surface area contributed by atoms with E-state index in [0.29, 0.717) is 13.1 Å². The molecule has 136 valence electrons. The third-order valence-electron chi connectivity index (χ3n) is 4.86. The average Bonchev–Trinajstić information content (AvgIpc) is 3.35. The van der Waals surface area contributed by atoms with Gasteiger partial charge >= 0.3 is 0 Å². The van der Waals surface area contributed by atoms with Gasteiger partial charge in [-0.25, -0.2) is 0 Å². The van der Waals surface area contributed by atoms with E-state index in [1.807, 2.05) is 47.8 Å². The molecule has 0 saturated carbocycles. The van der Waals surface area contributed by atoms with Crippen LogP contribution < -0.4 is 0 Å². The van der Waals surface area contributed by atoms with Gasteiger partial charge in [0.1, 0.15) is 4.83 Å². The van der Waals surface area contributed by atoms with Gasteiger partial charge in [-0.1, -0.05) is 30.3 Å². The largest absolute Gasteiger partial charge is 0.376 e. The molecule has 1 amide bonds. The van der Waals surface area contributed by atoms with Crippen molar-refractivity contribution in [3.05, 3.63) is 52.5 Å². The summed E-state index contributed by atoms with van der Waals surface area (Å²) in [7, 11) is 1.92. The van der Waals surface area contributed by atoms with Crippen molar-refractivity contribution in [2.75, 3.05) is 13.2 Å². The van der Waals surface area contributed by atoms with Gasteiger partial charge in [-0.2, -0.15) is 5.10 Å². The van der Waals surface area contributed by atoms with Crippen LogP contribution in [0, 0.1) is 6.92 Å². The van der Waals surface area contributed by atoms with Gasteiger partial charge < -0.3 is 9.64 Å². The van der Waals surface area contributed by atoms with Gasteiger partial charge in [-0.05, 0) is 31.4 Å². The van der Waals surface area contributed by atoms with Crippen LogP contribution >= 0.6 is 11.3 Å². The van der Waals surface area contributed by atoms with Crippen LogP contribution in [-0.2, 0) is 18.3 Å². The summed E-state index contributed by atoms with van der Waals surface area (Å²) in [6.07, 6.45) is 2.24. The van der Waals surface area contributed by atoms with E-state index in [1.165, 1.54) is 11.3 Å². The maximum atomic E-state index is 13.3. The molecule has 2 aromatic heterocycles. The normalized spacial score (nSPS) is 17.1. The Morgan fingerprint density at radius 1 is 1.38 bits per heavy atom. The Bertz CT molecular complexity index is 875. The molecule has 5 nitrogen and oxygen atoms in total. The molecule has 3 aromatic rings. The predicted octanol–water partition coefficient (Wildman–Crippen LogP) is 3.76.